The SMILES string of the molecule is CCOC(=O)c1nc(C(=O)N2CCOC(C)(C)C2)cs1. The predicted molar refractivity (Wildman–Crippen MR) is 74.0 cm³/mol. The van der Waals surface area contributed by atoms with Gasteiger partial charge in [0.1, 0.15) is 5.69 Å². The number of carbonyl (C=O) groups is 2. The minimum atomic E-state index is -0.487. The molecule has 1 aromatic rings. The van der Waals surface area contributed by atoms with Gasteiger partial charge in [-0.05, 0) is 20.8 Å². The maximum Gasteiger partial charge on any atom is 0.367 e. The first-order valence-corrected chi connectivity index (χ1v) is 7.37. The summed E-state index contributed by atoms with van der Waals surface area (Å²) in [7, 11) is 0. The highest BCUT2D eigenvalue weighted by Crippen LogP contribution is 2.19. The summed E-state index contributed by atoms with van der Waals surface area (Å²) in [5, 5.41) is 1.81. The molecule has 0 radical (unpaired) electrons. The van der Waals surface area contributed by atoms with Crippen LogP contribution in [0.5, 0.6) is 0 Å². The van der Waals surface area contributed by atoms with E-state index in [1.165, 1.54) is 0 Å². The number of carbonyl (C=O) groups excluding carboxylic acids is 2. The van der Waals surface area contributed by atoms with Gasteiger partial charge in [0.05, 0.1) is 18.8 Å². The first-order valence-electron chi connectivity index (χ1n) is 6.49. The van der Waals surface area contributed by atoms with E-state index in [2.05, 4.69) is 4.98 Å². The zero-order chi connectivity index (χ0) is 14.8. The molecule has 1 amide bonds. The second-order valence-corrected chi connectivity index (χ2v) is 5.95. The van der Waals surface area contributed by atoms with Crippen molar-refractivity contribution in [2.45, 2.75) is 26.4 Å². The van der Waals surface area contributed by atoms with Crippen molar-refractivity contribution >= 4 is 23.2 Å². The molecule has 6 nitrogen and oxygen atoms in total. The van der Waals surface area contributed by atoms with Crippen molar-refractivity contribution in [3.05, 3.63) is 16.1 Å². The predicted octanol–water partition coefficient (Wildman–Crippen LogP) is 1.57. The van der Waals surface area contributed by atoms with Gasteiger partial charge >= 0.3 is 5.97 Å². The van der Waals surface area contributed by atoms with E-state index in [1.807, 2.05) is 13.8 Å². The van der Waals surface area contributed by atoms with Crippen molar-refractivity contribution in [3.8, 4) is 0 Å². The van der Waals surface area contributed by atoms with Crippen LogP contribution in [0.1, 0.15) is 41.1 Å². The summed E-state index contributed by atoms with van der Waals surface area (Å²) in [6.45, 7) is 7.46. The molecule has 0 atom stereocenters. The van der Waals surface area contributed by atoms with Crippen LogP contribution in [0.2, 0.25) is 0 Å². The molecule has 110 valence electrons. The Morgan fingerprint density at radius 3 is 2.95 bits per heavy atom. The van der Waals surface area contributed by atoms with Crippen molar-refractivity contribution in [2.24, 2.45) is 0 Å². The molecule has 7 heteroatoms. The highest BCUT2D eigenvalue weighted by molar-refractivity contribution is 7.11. The summed E-state index contributed by atoms with van der Waals surface area (Å²) >= 11 is 1.13. The number of aromatic nitrogens is 1. The average Bonchev–Trinajstić information content (AvgIpc) is 2.86. The molecular formula is C13H18N2O4S. The van der Waals surface area contributed by atoms with Crippen molar-refractivity contribution < 1.29 is 19.1 Å². The fraction of sp³-hybridized carbons (Fsp3) is 0.615. The van der Waals surface area contributed by atoms with Gasteiger partial charge in [0.2, 0.25) is 5.01 Å². The molecular weight excluding hydrogens is 280 g/mol. The van der Waals surface area contributed by atoms with Gasteiger partial charge in [-0.25, -0.2) is 9.78 Å². The first kappa shape index (κ1) is 14.9. The number of thiazole rings is 1. The fourth-order valence-corrected chi connectivity index (χ4v) is 2.69. The Hall–Kier alpha value is -1.47. The number of amides is 1. The Bertz CT molecular complexity index is 512. The summed E-state index contributed by atoms with van der Waals surface area (Å²) in [4.78, 5) is 29.6. The number of rotatable bonds is 3. The molecule has 20 heavy (non-hydrogen) atoms. The zero-order valence-corrected chi connectivity index (χ0v) is 12.7. The standard InChI is InChI=1S/C13H18N2O4S/c1-4-18-12(17)10-14-9(7-20-10)11(16)15-5-6-19-13(2,3)8-15/h7H,4-6,8H2,1-3H3. The molecule has 0 N–H and O–H groups in total. The van der Waals surface area contributed by atoms with Gasteiger partial charge in [0.15, 0.2) is 0 Å². The highest BCUT2D eigenvalue weighted by atomic mass is 32.1. The number of hydrogen-bond acceptors (Lipinski definition) is 6. The van der Waals surface area contributed by atoms with Crippen molar-refractivity contribution in [2.75, 3.05) is 26.3 Å². The minimum absolute atomic E-state index is 0.173. The van der Waals surface area contributed by atoms with E-state index in [-0.39, 0.29) is 22.2 Å². The molecule has 0 spiro atoms. The van der Waals surface area contributed by atoms with E-state index in [0.717, 1.165) is 11.3 Å². The zero-order valence-electron chi connectivity index (χ0n) is 11.8. The van der Waals surface area contributed by atoms with E-state index in [1.54, 1.807) is 17.2 Å². The number of hydrogen-bond donors (Lipinski definition) is 0. The van der Waals surface area contributed by atoms with Gasteiger partial charge in [-0.1, -0.05) is 0 Å². The monoisotopic (exact) mass is 298 g/mol. The molecule has 1 aliphatic heterocycles. The van der Waals surface area contributed by atoms with Gasteiger partial charge in [-0.3, -0.25) is 4.79 Å². The lowest BCUT2D eigenvalue weighted by atomic mass is 10.1. The molecule has 1 saturated heterocycles. The number of nitrogens with zero attached hydrogens (tertiary/aromatic N) is 2. The van der Waals surface area contributed by atoms with Gasteiger partial charge < -0.3 is 14.4 Å². The van der Waals surface area contributed by atoms with Crippen LogP contribution >= 0.6 is 11.3 Å². The maximum absolute atomic E-state index is 12.3. The largest absolute Gasteiger partial charge is 0.461 e. The third kappa shape index (κ3) is 3.34. The van der Waals surface area contributed by atoms with E-state index >= 15 is 0 Å². The Balaban J connectivity index is 2.08. The normalized spacial score (nSPS) is 17.9. The average molecular weight is 298 g/mol. The molecule has 1 aliphatic rings. The maximum atomic E-state index is 12.3. The van der Waals surface area contributed by atoms with Crippen LogP contribution in [-0.4, -0.2) is 53.7 Å². The van der Waals surface area contributed by atoms with E-state index in [9.17, 15) is 9.59 Å². The molecule has 2 rings (SSSR count). The molecule has 2 heterocycles. The Morgan fingerprint density at radius 2 is 2.30 bits per heavy atom. The Morgan fingerprint density at radius 1 is 1.55 bits per heavy atom. The summed E-state index contributed by atoms with van der Waals surface area (Å²) in [5.74, 6) is -0.660. The van der Waals surface area contributed by atoms with Crippen LogP contribution in [-0.2, 0) is 9.47 Å². The summed E-state index contributed by atoms with van der Waals surface area (Å²) in [5.41, 5.74) is -0.0655. The van der Waals surface area contributed by atoms with Gasteiger partial charge in [-0.15, -0.1) is 11.3 Å². The smallest absolute Gasteiger partial charge is 0.367 e. The lowest BCUT2D eigenvalue weighted by molar-refractivity contribution is -0.0764. The molecule has 0 aromatic carbocycles. The summed E-state index contributed by atoms with van der Waals surface area (Å²) < 4.78 is 10.4. The highest BCUT2D eigenvalue weighted by Gasteiger charge is 2.31. The fourth-order valence-electron chi connectivity index (χ4n) is 2.01. The molecule has 0 unspecified atom stereocenters. The van der Waals surface area contributed by atoms with Crippen molar-refractivity contribution in [1.29, 1.82) is 0 Å². The van der Waals surface area contributed by atoms with Crippen LogP contribution in [0.15, 0.2) is 5.38 Å². The number of morpholine rings is 1. The van der Waals surface area contributed by atoms with Crippen LogP contribution in [0.25, 0.3) is 0 Å². The van der Waals surface area contributed by atoms with Gasteiger partial charge in [0, 0.05) is 18.5 Å². The van der Waals surface area contributed by atoms with Crippen LogP contribution in [0, 0.1) is 0 Å². The lowest BCUT2D eigenvalue weighted by Gasteiger charge is -2.37. The van der Waals surface area contributed by atoms with Crippen LogP contribution in [0.4, 0.5) is 0 Å². The second kappa shape index (κ2) is 5.88. The van der Waals surface area contributed by atoms with Crippen LogP contribution in [0.3, 0.4) is 0 Å². The quantitative estimate of drug-likeness (QED) is 0.792. The first-order chi connectivity index (χ1) is 9.43. The van der Waals surface area contributed by atoms with Gasteiger partial charge in [0.25, 0.3) is 5.91 Å². The molecule has 0 bridgehead atoms. The summed E-state index contributed by atoms with van der Waals surface area (Å²) in [6.07, 6.45) is 0. The van der Waals surface area contributed by atoms with Crippen LogP contribution < -0.4 is 0 Å². The van der Waals surface area contributed by atoms with Crippen molar-refractivity contribution in [3.63, 3.8) is 0 Å². The molecule has 1 aromatic heterocycles. The number of esters is 1. The minimum Gasteiger partial charge on any atom is -0.461 e. The van der Waals surface area contributed by atoms with E-state index < -0.39 is 5.97 Å². The third-order valence-corrected chi connectivity index (χ3v) is 3.71. The van der Waals surface area contributed by atoms with Gasteiger partial charge in [-0.2, -0.15) is 0 Å². The molecule has 1 fully saturated rings. The topological polar surface area (TPSA) is 68.7 Å². The molecule has 0 aliphatic carbocycles. The molecule has 0 saturated carbocycles. The van der Waals surface area contributed by atoms with E-state index in [0.29, 0.717) is 26.3 Å². The van der Waals surface area contributed by atoms with E-state index in [4.69, 9.17) is 9.47 Å². The van der Waals surface area contributed by atoms with Crippen molar-refractivity contribution in [1.82, 2.24) is 9.88 Å². The third-order valence-electron chi connectivity index (χ3n) is 2.89. The summed E-state index contributed by atoms with van der Waals surface area (Å²) in [6, 6.07) is 0. The Labute approximate surface area is 121 Å². The number of ether oxygens (including phenoxy) is 2. The lowest BCUT2D eigenvalue weighted by Crippen LogP contribution is -2.50. The second-order valence-electron chi connectivity index (χ2n) is 5.09. The Kier molecular flexibility index (Phi) is 4.39.